The fraction of sp³-hybridized carbons (Fsp3) is 0.143. The minimum absolute atomic E-state index is 0.280. The van der Waals surface area contributed by atoms with Crippen LogP contribution in [0.3, 0.4) is 0 Å². The summed E-state index contributed by atoms with van der Waals surface area (Å²) in [5.74, 6) is -0.280. The lowest BCUT2D eigenvalue weighted by molar-refractivity contribution is 0.628. The Balaban J connectivity index is 2.01. The SMILES string of the molecule is CCc1c(C#N)nnn1-c1nc(-c2ccc(F)cc2)cs1. The summed E-state index contributed by atoms with van der Waals surface area (Å²) in [5.41, 5.74) is 2.62. The number of rotatable bonds is 3. The van der Waals surface area contributed by atoms with Gasteiger partial charge in [-0.1, -0.05) is 12.1 Å². The van der Waals surface area contributed by atoms with Crippen LogP contribution >= 0.6 is 11.3 Å². The maximum atomic E-state index is 12.9. The Bertz CT molecular complexity index is 813. The van der Waals surface area contributed by atoms with E-state index >= 15 is 0 Å². The molecule has 0 N–H and O–H groups in total. The second-order valence-electron chi connectivity index (χ2n) is 4.28. The number of nitrogens with zero attached hydrogens (tertiary/aromatic N) is 5. The van der Waals surface area contributed by atoms with E-state index in [1.54, 1.807) is 16.8 Å². The number of hydrogen-bond donors (Lipinski definition) is 0. The molecule has 0 saturated carbocycles. The van der Waals surface area contributed by atoms with Crippen LogP contribution < -0.4 is 0 Å². The zero-order valence-corrected chi connectivity index (χ0v) is 11.9. The highest BCUT2D eigenvalue weighted by molar-refractivity contribution is 7.12. The van der Waals surface area contributed by atoms with Crippen molar-refractivity contribution in [1.82, 2.24) is 20.0 Å². The predicted molar refractivity (Wildman–Crippen MR) is 76.5 cm³/mol. The zero-order chi connectivity index (χ0) is 14.8. The lowest BCUT2D eigenvalue weighted by Gasteiger charge is -1.99. The lowest BCUT2D eigenvalue weighted by Crippen LogP contribution is -2.01. The molecule has 0 atom stereocenters. The summed E-state index contributed by atoms with van der Waals surface area (Å²) >= 11 is 1.40. The molecule has 1 aromatic carbocycles. The van der Waals surface area contributed by atoms with Crippen LogP contribution in [-0.2, 0) is 6.42 Å². The van der Waals surface area contributed by atoms with Crippen LogP contribution in [0.2, 0.25) is 0 Å². The summed E-state index contributed by atoms with van der Waals surface area (Å²) in [6.07, 6.45) is 0.640. The van der Waals surface area contributed by atoms with Crippen molar-refractivity contribution >= 4 is 11.3 Å². The van der Waals surface area contributed by atoms with Crippen molar-refractivity contribution in [3.63, 3.8) is 0 Å². The van der Waals surface area contributed by atoms with E-state index in [-0.39, 0.29) is 5.82 Å². The largest absolute Gasteiger partial charge is 0.218 e. The topological polar surface area (TPSA) is 67.4 Å². The van der Waals surface area contributed by atoms with Crippen molar-refractivity contribution in [3.05, 3.63) is 46.9 Å². The maximum absolute atomic E-state index is 12.9. The zero-order valence-electron chi connectivity index (χ0n) is 11.1. The molecule has 0 saturated heterocycles. The van der Waals surface area contributed by atoms with E-state index in [1.165, 1.54) is 23.5 Å². The molecule has 0 aliphatic carbocycles. The average molecular weight is 299 g/mol. The molecule has 0 amide bonds. The van der Waals surface area contributed by atoms with Gasteiger partial charge in [0.2, 0.25) is 5.13 Å². The fourth-order valence-electron chi connectivity index (χ4n) is 1.97. The molecule has 104 valence electrons. The van der Waals surface area contributed by atoms with Crippen LogP contribution in [0.4, 0.5) is 4.39 Å². The second kappa shape index (κ2) is 5.42. The van der Waals surface area contributed by atoms with Gasteiger partial charge in [-0.25, -0.2) is 9.37 Å². The van der Waals surface area contributed by atoms with Crippen LogP contribution in [0.1, 0.15) is 18.3 Å². The van der Waals surface area contributed by atoms with Crippen molar-refractivity contribution in [2.75, 3.05) is 0 Å². The third-order valence-corrected chi connectivity index (χ3v) is 3.83. The summed E-state index contributed by atoms with van der Waals surface area (Å²) in [7, 11) is 0. The van der Waals surface area contributed by atoms with E-state index in [4.69, 9.17) is 5.26 Å². The predicted octanol–water partition coefficient (Wildman–Crippen LogP) is 2.96. The fourth-order valence-corrected chi connectivity index (χ4v) is 2.78. The second-order valence-corrected chi connectivity index (χ2v) is 5.12. The lowest BCUT2D eigenvalue weighted by atomic mass is 10.2. The van der Waals surface area contributed by atoms with E-state index in [2.05, 4.69) is 15.3 Å². The number of benzene rings is 1. The Morgan fingerprint density at radius 3 is 2.76 bits per heavy atom. The minimum atomic E-state index is -0.280. The van der Waals surface area contributed by atoms with Crippen LogP contribution in [0.5, 0.6) is 0 Å². The smallest absolute Gasteiger partial charge is 0.212 e. The summed E-state index contributed by atoms with van der Waals surface area (Å²) in [6.45, 7) is 1.94. The number of nitriles is 1. The van der Waals surface area contributed by atoms with E-state index in [1.807, 2.05) is 18.4 Å². The first-order chi connectivity index (χ1) is 10.2. The number of thiazole rings is 1. The number of aromatic nitrogens is 4. The van der Waals surface area contributed by atoms with Gasteiger partial charge in [0.1, 0.15) is 11.9 Å². The quantitative estimate of drug-likeness (QED) is 0.745. The van der Waals surface area contributed by atoms with Gasteiger partial charge in [0.15, 0.2) is 5.69 Å². The summed E-state index contributed by atoms with van der Waals surface area (Å²) in [6, 6.07) is 8.17. The van der Waals surface area contributed by atoms with Crippen molar-refractivity contribution in [1.29, 1.82) is 5.26 Å². The Hall–Kier alpha value is -2.59. The minimum Gasteiger partial charge on any atom is -0.218 e. The van der Waals surface area contributed by atoms with Gasteiger partial charge in [0, 0.05) is 10.9 Å². The molecule has 0 aliphatic heterocycles. The summed E-state index contributed by atoms with van der Waals surface area (Å²) in [5, 5.41) is 19.3. The maximum Gasteiger partial charge on any atom is 0.212 e. The van der Waals surface area contributed by atoms with Crippen molar-refractivity contribution in [3.8, 4) is 22.5 Å². The molecule has 0 spiro atoms. The molecule has 0 bridgehead atoms. The summed E-state index contributed by atoms with van der Waals surface area (Å²) < 4.78 is 14.5. The normalized spacial score (nSPS) is 10.5. The highest BCUT2D eigenvalue weighted by Gasteiger charge is 2.15. The molecule has 3 aromatic rings. The van der Waals surface area contributed by atoms with Crippen molar-refractivity contribution in [2.45, 2.75) is 13.3 Å². The Morgan fingerprint density at radius 2 is 2.10 bits per heavy atom. The van der Waals surface area contributed by atoms with E-state index in [0.29, 0.717) is 17.2 Å². The van der Waals surface area contributed by atoms with Gasteiger partial charge < -0.3 is 0 Å². The van der Waals surface area contributed by atoms with Gasteiger partial charge >= 0.3 is 0 Å². The highest BCUT2D eigenvalue weighted by Crippen LogP contribution is 2.25. The van der Waals surface area contributed by atoms with Gasteiger partial charge in [-0.3, -0.25) is 0 Å². The molecule has 0 aliphatic rings. The molecule has 0 fully saturated rings. The third kappa shape index (κ3) is 2.41. The van der Waals surface area contributed by atoms with Gasteiger partial charge in [-0.05, 0) is 30.7 Å². The van der Waals surface area contributed by atoms with Gasteiger partial charge in [0.05, 0.1) is 11.4 Å². The Kier molecular flexibility index (Phi) is 3.46. The molecule has 21 heavy (non-hydrogen) atoms. The Labute approximate surface area is 124 Å². The third-order valence-electron chi connectivity index (χ3n) is 3.02. The van der Waals surface area contributed by atoms with E-state index < -0.39 is 0 Å². The van der Waals surface area contributed by atoms with Crippen molar-refractivity contribution < 1.29 is 4.39 Å². The molecule has 5 nitrogen and oxygen atoms in total. The van der Waals surface area contributed by atoms with E-state index in [9.17, 15) is 4.39 Å². The number of hydrogen-bond acceptors (Lipinski definition) is 5. The van der Waals surface area contributed by atoms with Gasteiger partial charge in [-0.2, -0.15) is 9.94 Å². The van der Waals surface area contributed by atoms with Gasteiger partial charge in [0.25, 0.3) is 0 Å². The molecule has 2 aromatic heterocycles. The van der Waals surface area contributed by atoms with Crippen molar-refractivity contribution in [2.24, 2.45) is 0 Å². The molecule has 0 unspecified atom stereocenters. The van der Waals surface area contributed by atoms with E-state index in [0.717, 1.165) is 17.0 Å². The standard InChI is InChI=1S/C14H10FN5S/c1-2-13-11(7-16)18-19-20(13)14-17-12(8-21-14)9-3-5-10(15)6-4-9/h3-6,8H,2H2,1H3. The number of halogens is 1. The molecule has 7 heteroatoms. The monoisotopic (exact) mass is 299 g/mol. The average Bonchev–Trinajstić information content (AvgIpc) is 3.13. The molecular weight excluding hydrogens is 289 g/mol. The van der Waals surface area contributed by atoms with Gasteiger partial charge in [-0.15, -0.1) is 16.4 Å². The molecule has 0 radical (unpaired) electrons. The molecular formula is C14H10FN5S. The first kappa shape index (κ1) is 13.4. The summed E-state index contributed by atoms with van der Waals surface area (Å²) in [4.78, 5) is 4.48. The molecule has 3 rings (SSSR count). The van der Waals surface area contributed by atoms with Crippen LogP contribution in [0, 0.1) is 17.1 Å². The highest BCUT2D eigenvalue weighted by atomic mass is 32.1. The Morgan fingerprint density at radius 1 is 1.33 bits per heavy atom. The van der Waals surface area contributed by atoms with Crippen LogP contribution in [-0.4, -0.2) is 20.0 Å². The van der Waals surface area contributed by atoms with Crippen LogP contribution in [0.15, 0.2) is 29.6 Å². The first-order valence-corrected chi connectivity index (χ1v) is 7.17. The first-order valence-electron chi connectivity index (χ1n) is 6.29. The molecule has 2 heterocycles. The van der Waals surface area contributed by atoms with Crippen LogP contribution in [0.25, 0.3) is 16.4 Å².